The van der Waals surface area contributed by atoms with Crippen molar-refractivity contribution in [1.29, 1.82) is 0 Å². The summed E-state index contributed by atoms with van der Waals surface area (Å²) in [4.78, 5) is 4.03. The molecule has 0 aliphatic carbocycles. The van der Waals surface area contributed by atoms with Crippen molar-refractivity contribution in [2.75, 3.05) is 0 Å². The molecule has 0 spiro atoms. The highest BCUT2D eigenvalue weighted by Crippen LogP contribution is 2.24. The Morgan fingerprint density at radius 1 is 1.00 bits per heavy atom. The molecular weight excluding hydrogens is 284 g/mol. The largest absolute Gasteiger partial charge is 0.215 e. The molecule has 3 rings (SSSR count). The molecule has 0 saturated carbocycles. The molecule has 1 heterocycles. The van der Waals surface area contributed by atoms with Crippen LogP contribution in [0.2, 0.25) is 5.02 Å². The van der Waals surface area contributed by atoms with Crippen molar-refractivity contribution in [2.45, 2.75) is 0 Å². The number of aromatic nitrogens is 3. The first-order valence-corrected chi connectivity index (χ1v) is 6.14. The van der Waals surface area contributed by atoms with Gasteiger partial charge in [-0.15, -0.1) is 0 Å². The van der Waals surface area contributed by atoms with Crippen LogP contribution in [0.3, 0.4) is 0 Å². The Bertz CT molecular complexity index is 753. The molecule has 20 heavy (non-hydrogen) atoms. The van der Waals surface area contributed by atoms with E-state index in [2.05, 4.69) is 10.1 Å². The first-order chi connectivity index (χ1) is 9.65. The third-order valence-electron chi connectivity index (χ3n) is 2.79. The summed E-state index contributed by atoms with van der Waals surface area (Å²) in [6, 6.07) is 10.2. The Hall–Kier alpha value is -2.27. The summed E-state index contributed by atoms with van der Waals surface area (Å²) in [7, 11) is 0. The molecule has 0 saturated heterocycles. The lowest BCUT2D eigenvalue weighted by Gasteiger charge is -2.07. The van der Waals surface area contributed by atoms with Crippen LogP contribution in [0.1, 0.15) is 0 Å². The molecule has 6 heteroatoms. The number of benzene rings is 2. The second-order valence-corrected chi connectivity index (χ2v) is 4.53. The second-order valence-electron chi connectivity index (χ2n) is 4.10. The van der Waals surface area contributed by atoms with Gasteiger partial charge in [0.25, 0.3) is 0 Å². The maximum Gasteiger partial charge on any atom is 0.166 e. The lowest BCUT2D eigenvalue weighted by molar-refractivity contribution is 0.584. The van der Waals surface area contributed by atoms with E-state index in [4.69, 9.17) is 11.6 Å². The van der Waals surface area contributed by atoms with E-state index >= 15 is 0 Å². The minimum absolute atomic E-state index is 0.179. The van der Waals surface area contributed by atoms with E-state index in [1.165, 1.54) is 23.1 Å². The maximum absolute atomic E-state index is 13.8. The molecule has 0 aliphatic rings. The summed E-state index contributed by atoms with van der Waals surface area (Å²) in [6.45, 7) is 0. The lowest BCUT2D eigenvalue weighted by Crippen LogP contribution is -2.00. The monoisotopic (exact) mass is 291 g/mol. The predicted molar refractivity (Wildman–Crippen MR) is 71.7 cm³/mol. The maximum atomic E-state index is 13.8. The lowest BCUT2D eigenvalue weighted by atomic mass is 10.2. The van der Waals surface area contributed by atoms with Crippen LogP contribution in [0, 0.1) is 11.6 Å². The van der Waals surface area contributed by atoms with E-state index in [0.29, 0.717) is 16.5 Å². The number of rotatable bonds is 2. The van der Waals surface area contributed by atoms with Gasteiger partial charge < -0.3 is 0 Å². The van der Waals surface area contributed by atoms with E-state index in [0.717, 1.165) is 6.07 Å². The van der Waals surface area contributed by atoms with Crippen molar-refractivity contribution in [3.63, 3.8) is 0 Å². The minimum Gasteiger partial charge on any atom is -0.215 e. The van der Waals surface area contributed by atoms with E-state index < -0.39 is 11.6 Å². The average Bonchev–Trinajstić information content (AvgIpc) is 2.88. The number of halogens is 3. The smallest absolute Gasteiger partial charge is 0.166 e. The SMILES string of the molecule is Fc1ccc(-c2ncnn2-c2ccc(Cl)cc2)c(F)c1. The van der Waals surface area contributed by atoms with Crippen LogP contribution in [-0.2, 0) is 0 Å². The zero-order valence-electron chi connectivity index (χ0n) is 10.1. The Morgan fingerprint density at radius 2 is 1.75 bits per heavy atom. The molecular formula is C14H8ClF2N3. The first-order valence-electron chi connectivity index (χ1n) is 5.76. The molecule has 0 atom stereocenters. The first kappa shape index (κ1) is 12.7. The highest BCUT2D eigenvalue weighted by Gasteiger charge is 2.14. The van der Waals surface area contributed by atoms with Gasteiger partial charge in [0, 0.05) is 11.1 Å². The van der Waals surface area contributed by atoms with E-state index in [-0.39, 0.29) is 5.56 Å². The van der Waals surface area contributed by atoms with E-state index in [1.54, 1.807) is 24.3 Å². The van der Waals surface area contributed by atoms with Crippen LogP contribution in [0.4, 0.5) is 8.78 Å². The fraction of sp³-hybridized carbons (Fsp3) is 0. The van der Waals surface area contributed by atoms with Crippen molar-refractivity contribution in [3.8, 4) is 17.1 Å². The van der Waals surface area contributed by atoms with E-state index in [1.807, 2.05) is 0 Å². The fourth-order valence-electron chi connectivity index (χ4n) is 1.87. The molecule has 0 unspecified atom stereocenters. The summed E-state index contributed by atoms with van der Waals surface area (Å²) in [5.74, 6) is -1.03. The van der Waals surface area contributed by atoms with Gasteiger partial charge >= 0.3 is 0 Å². The standard InChI is InChI=1S/C14H8ClF2N3/c15-9-1-4-11(5-2-9)20-14(18-8-19-20)12-6-3-10(16)7-13(12)17/h1-8H. The van der Waals surface area contributed by atoms with Crippen LogP contribution < -0.4 is 0 Å². The summed E-state index contributed by atoms with van der Waals surface area (Å²) in [5.41, 5.74) is 0.865. The molecule has 3 aromatic rings. The van der Waals surface area contributed by atoms with Crippen molar-refractivity contribution < 1.29 is 8.78 Å². The van der Waals surface area contributed by atoms with Gasteiger partial charge in [-0.25, -0.2) is 18.4 Å². The van der Waals surface area contributed by atoms with Gasteiger partial charge in [-0.05, 0) is 36.4 Å². The Labute approximate surface area is 118 Å². The molecule has 2 aromatic carbocycles. The minimum atomic E-state index is -0.687. The topological polar surface area (TPSA) is 30.7 Å². The van der Waals surface area contributed by atoms with Crippen molar-refractivity contribution >= 4 is 11.6 Å². The van der Waals surface area contributed by atoms with Crippen molar-refractivity contribution in [2.24, 2.45) is 0 Å². The van der Waals surface area contributed by atoms with Crippen LogP contribution in [0.5, 0.6) is 0 Å². The normalized spacial score (nSPS) is 10.8. The molecule has 0 aliphatic heterocycles. The highest BCUT2D eigenvalue weighted by molar-refractivity contribution is 6.30. The van der Waals surface area contributed by atoms with Crippen LogP contribution in [0.15, 0.2) is 48.8 Å². The summed E-state index contributed by atoms with van der Waals surface area (Å²) in [6.07, 6.45) is 1.31. The predicted octanol–water partition coefficient (Wildman–Crippen LogP) is 3.87. The zero-order valence-corrected chi connectivity index (χ0v) is 10.9. The number of nitrogens with zero attached hydrogens (tertiary/aromatic N) is 3. The van der Waals surface area contributed by atoms with Crippen molar-refractivity contribution in [3.05, 3.63) is 65.4 Å². The number of hydrogen-bond acceptors (Lipinski definition) is 2. The zero-order chi connectivity index (χ0) is 14.1. The third-order valence-corrected chi connectivity index (χ3v) is 3.04. The summed E-state index contributed by atoms with van der Waals surface area (Å²) < 4.78 is 28.3. The van der Waals surface area contributed by atoms with Gasteiger partial charge in [0.2, 0.25) is 0 Å². The van der Waals surface area contributed by atoms with Crippen LogP contribution in [0.25, 0.3) is 17.1 Å². The van der Waals surface area contributed by atoms with Gasteiger partial charge in [0.05, 0.1) is 11.3 Å². The van der Waals surface area contributed by atoms with E-state index in [9.17, 15) is 8.78 Å². The Kier molecular flexibility index (Phi) is 3.20. The molecule has 0 N–H and O–H groups in total. The Morgan fingerprint density at radius 3 is 2.45 bits per heavy atom. The summed E-state index contributed by atoms with van der Waals surface area (Å²) in [5, 5.41) is 4.64. The fourth-order valence-corrected chi connectivity index (χ4v) is 1.99. The van der Waals surface area contributed by atoms with Gasteiger partial charge in [-0.2, -0.15) is 5.10 Å². The number of hydrogen-bond donors (Lipinski definition) is 0. The molecule has 0 bridgehead atoms. The molecule has 100 valence electrons. The molecule has 0 amide bonds. The molecule has 1 aromatic heterocycles. The molecule has 0 radical (unpaired) electrons. The Balaban J connectivity index is 2.12. The van der Waals surface area contributed by atoms with Gasteiger partial charge in [0.1, 0.15) is 18.0 Å². The third kappa shape index (κ3) is 2.28. The summed E-state index contributed by atoms with van der Waals surface area (Å²) >= 11 is 5.83. The van der Waals surface area contributed by atoms with Gasteiger partial charge in [-0.1, -0.05) is 11.6 Å². The quantitative estimate of drug-likeness (QED) is 0.717. The van der Waals surface area contributed by atoms with Crippen LogP contribution in [-0.4, -0.2) is 14.8 Å². The van der Waals surface area contributed by atoms with Gasteiger partial charge in [-0.3, -0.25) is 0 Å². The second kappa shape index (κ2) is 5.02. The average molecular weight is 292 g/mol. The van der Waals surface area contributed by atoms with Crippen LogP contribution >= 0.6 is 11.6 Å². The van der Waals surface area contributed by atoms with Crippen molar-refractivity contribution in [1.82, 2.24) is 14.8 Å². The molecule has 3 nitrogen and oxygen atoms in total. The highest BCUT2D eigenvalue weighted by atomic mass is 35.5. The van der Waals surface area contributed by atoms with Gasteiger partial charge in [0.15, 0.2) is 5.82 Å². The molecule has 0 fully saturated rings.